The van der Waals surface area contributed by atoms with E-state index in [1.54, 1.807) is 18.0 Å². The molecule has 3 heterocycles. The summed E-state index contributed by atoms with van der Waals surface area (Å²) in [5.74, 6) is 0.660. The molecule has 0 spiro atoms. The first-order valence-electron chi connectivity index (χ1n) is 15.8. The van der Waals surface area contributed by atoms with Gasteiger partial charge in [0, 0.05) is 56.5 Å². The predicted octanol–water partition coefficient (Wildman–Crippen LogP) is 6.82. The Morgan fingerprint density at radius 3 is 2.34 bits per heavy atom. The second-order valence-electron chi connectivity index (χ2n) is 11.6. The van der Waals surface area contributed by atoms with E-state index >= 15 is 0 Å². The van der Waals surface area contributed by atoms with Gasteiger partial charge in [-0.25, -0.2) is 4.98 Å². The molecule has 3 aromatic carbocycles. The number of carbonyl (C=O) groups excluding carboxylic acids is 2. The lowest BCUT2D eigenvalue weighted by Gasteiger charge is -2.35. The Balaban J connectivity index is 1.16. The van der Waals surface area contributed by atoms with Crippen LogP contribution in [0, 0.1) is 6.92 Å². The second kappa shape index (κ2) is 15.0. The van der Waals surface area contributed by atoms with Crippen LogP contribution in [0.5, 0.6) is 5.75 Å². The van der Waals surface area contributed by atoms with Crippen molar-refractivity contribution in [2.24, 2.45) is 0 Å². The van der Waals surface area contributed by atoms with Gasteiger partial charge < -0.3 is 19.1 Å². The van der Waals surface area contributed by atoms with Gasteiger partial charge >= 0.3 is 0 Å². The average Bonchev–Trinajstić information content (AvgIpc) is 3.71. The highest BCUT2D eigenvalue weighted by molar-refractivity contribution is 7.09. The van der Waals surface area contributed by atoms with Crippen molar-refractivity contribution in [1.82, 2.24) is 19.4 Å². The van der Waals surface area contributed by atoms with Gasteiger partial charge in [-0.2, -0.15) is 0 Å². The van der Waals surface area contributed by atoms with Crippen LogP contribution in [0.15, 0.2) is 96.4 Å². The molecule has 1 aliphatic rings. The number of piperazine rings is 1. The zero-order valence-corrected chi connectivity index (χ0v) is 28.2. The number of amides is 2. The molecule has 1 aliphatic heterocycles. The topological polar surface area (TPSA) is 70.9 Å². The van der Waals surface area contributed by atoms with Gasteiger partial charge in [0.1, 0.15) is 17.4 Å². The normalized spacial score (nSPS) is 13.5. The summed E-state index contributed by atoms with van der Waals surface area (Å²) < 4.78 is 8.15. The number of aryl methyl sites for hydroxylation is 1. The summed E-state index contributed by atoms with van der Waals surface area (Å²) in [4.78, 5) is 37.5. The van der Waals surface area contributed by atoms with Crippen LogP contribution in [-0.2, 0) is 24.4 Å². The Bertz CT molecular complexity index is 1820. The van der Waals surface area contributed by atoms with Crippen molar-refractivity contribution >= 4 is 40.4 Å². The van der Waals surface area contributed by atoms with Gasteiger partial charge in [0.15, 0.2) is 0 Å². The molecule has 0 aliphatic carbocycles. The highest BCUT2D eigenvalue weighted by atomic mass is 35.5. The summed E-state index contributed by atoms with van der Waals surface area (Å²) in [6.07, 6.45) is 0.827. The molecule has 0 saturated carbocycles. The smallest absolute Gasteiger partial charge is 0.255 e. The Kier molecular flexibility index (Phi) is 10.4. The monoisotopic (exact) mass is 667 g/mol. The number of anilines is 1. The third-order valence-corrected chi connectivity index (χ3v) is 9.74. The third-order valence-electron chi connectivity index (χ3n) is 8.60. The van der Waals surface area contributed by atoms with E-state index in [4.69, 9.17) is 21.3 Å². The van der Waals surface area contributed by atoms with E-state index in [0.29, 0.717) is 62.2 Å². The number of hydrogen-bond acceptors (Lipinski definition) is 6. The Labute approximate surface area is 284 Å². The van der Waals surface area contributed by atoms with Crippen molar-refractivity contribution in [3.8, 4) is 17.1 Å². The van der Waals surface area contributed by atoms with E-state index in [9.17, 15) is 9.59 Å². The summed E-state index contributed by atoms with van der Waals surface area (Å²) in [5, 5.41) is 3.41. The fourth-order valence-corrected chi connectivity index (χ4v) is 6.71. The third kappa shape index (κ3) is 7.76. The van der Waals surface area contributed by atoms with E-state index < -0.39 is 0 Å². The Morgan fingerprint density at radius 1 is 0.936 bits per heavy atom. The van der Waals surface area contributed by atoms with Crippen molar-refractivity contribution < 1.29 is 14.3 Å². The number of thiazole rings is 1. The predicted molar refractivity (Wildman–Crippen MR) is 188 cm³/mol. The number of hydrogen-bond donors (Lipinski definition) is 0. The molecule has 47 heavy (non-hydrogen) atoms. The molecule has 0 atom stereocenters. The Hall–Kier alpha value is -4.44. The average molecular weight is 668 g/mol. The zero-order chi connectivity index (χ0) is 32.8. The molecule has 8 nitrogen and oxygen atoms in total. The number of likely N-dealkylation sites (N-methyl/N-ethyl adjacent to an activating group) is 1. The molecule has 1 fully saturated rings. The molecule has 242 valence electrons. The highest BCUT2D eigenvalue weighted by Crippen LogP contribution is 2.30. The van der Waals surface area contributed by atoms with Gasteiger partial charge in [-0.1, -0.05) is 72.3 Å². The standard InChI is InChI=1S/C37H38ClN5O3S/c1-27-30(37(45)42-21-19-41(20-22-42)24-36(44)40(2)29-13-7-4-8-14-29)23-33(43(27)18-17-28-11-5-3-6-12-28)32-26-47-35(39-32)25-46-34-16-10-9-15-31(34)38/h3-16,23,26H,17-22,24-25H2,1-2H3. The van der Waals surface area contributed by atoms with Crippen LogP contribution >= 0.6 is 22.9 Å². The number of rotatable bonds is 11. The van der Waals surface area contributed by atoms with E-state index in [2.05, 4.69) is 21.6 Å². The molecular weight excluding hydrogens is 630 g/mol. The summed E-state index contributed by atoms with van der Waals surface area (Å²) in [6.45, 7) is 5.76. The number of carbonyl (C=O) groups is 2. The highest BCUT2D eigenvalue weighted by Gasteiger charge is 2.28. The number of nitrogens with zero attached hydrogens (tertiary/aromatic N) is 5. The number of para-hydroxylation sites is 2. The summed E-state index contributed by atoms with van der Waals surface area (Å²) >= 11 is 7.80. The van der Waals surface area contributed by atoms with Gasteiger partial charge in [-0.3, -0.25) is 14.5 Å². The van der Waals surface area contributed by atoms with Crippen LogP contribution in [0.1, 0.15) is 26.6 Å². The molecule has 6 rings (SSSR count). The first-order valence-corrected chi connectivity index (χ1v) is 17.0. The van der Waals surface area contributed by atoms with Gasteiger partial charge in [0.05, 0.1) is 28.5 Å². The molecule has 10 heteroatoms. The van der Waals surface area contributed by atoms with Crippen LogP contribution in [0.25, 0.3) is 11.4 Å². The summed E-state index contributed by atoms with van der Waals surface area (Å²) in [5.41, 5.74) is 5.43. The first kappa shape index (κ1) is 32.5. The van der Waals surface area contributed by atoms with E-state index in [1.165, 1.54) is 16.9 Å². The van der Waals surface area contributed by atoms with Crippen molar-refractivity contribution in [3.05, 3.63) is 123 Å². The lowest BCUT2D eigenvalue weighted by atomic mass is 10.1. The van der Waals surface area contributed by atoms with Crippen LogP contribution < -0.4 is 9.64 Å². The van der Waals surface area contributed by atoms with Crippen LogP contribution in [0.3, 0.4) is 0 Å². The number of halogens is 1. The number of benzene rings is 3. The quantitative estimate of drug-likeness (QED) is 0.155. The molecule has 0 N–H and O–H groups in total. The van der Waals surface area contributed by atoms with Crippen molar-refractivity contribution in [2.75, 3.05) is 44.7 Å². The van der Waals surface area contributed by atoms with Crippen molar-refractivity contribution in [1.29, 1.82) is 0 Å². The number of ether oxygens (including phenoxy) is 1. The lowest BCUT2D eigenvalue weighted by molar-refractivity contribution is -0.119. The molecule has 5 aromatic rings. The molecule has 2 amide bonds. The van der Waals surface area contributed by atoms with Gasteiger partial charge in [0.25, 0.3) is 5.91 Å². The van der Waals surface area contributed by atoms with Gasteiger partial charge in [0.2, 0.25) is 5.91 Å². The molecule has 0 unspecified atom stereocenters. The minimum absolute atomic E-state index is 0.00657. The Morgan fingerprint density at radius 2 is 1.62 bits per heavy atom. The first-order chi connectivity index (χ1) is 22.9. The summed E-state index contributed by atoms with van der Waals surface area (Å²) in [6, 6.07) is 29.4. The molecule has 0 bridgehead atoms. The summed E-state index contributed by atoms with van der Waals surface area (Å²) in [7, 11) is 1.80. The number of aromatic nitrogens is 2. The minimum Gasteiger partial charge on any atom is -0.485 e. The van der Waals surface area contributed by atoms with Crippen molar-refractivity contribution in [2.45, 2.75) is 26.5 Å². The maximum Gasteiger partial charge on any atom is 0.255 e. The van der Waals surface area contributed by atoms with Crippen molar-refractivity contribution in [3.63, 3.8) is 0 Å². The van der Waals surface area contributed by atoms with Gasteiger partial charge in [-0.15, -0.1) is 11.3 Å². The van der Waals surface area contributed by atoms with E-state index in [-0.39, 0.29) is 11.8 Å². The van der Waals surface area contributed by atoms with E-state index in [1.807, 2.05) is 90.0 Å². The SMILES string of the molecule is Cc1c(C(=O)N2CCN(CC(=O)N(C)c3ccccc3)CC2)cc(-c2csc(COc3ccccc3Cl)n2)n1CCc1ccccc1. The fraction of sp³-hybridized carbons (Fsp3) is 0.270. The zero-order valence-electron chi connectivity index (χ0n) is 26.6. The maximum atomic E-state index is 14.0. The van der Waals surface area contributed by atoms with E-state index in [0.717, 1.165) is 34.2 Å². The largest absolute Gasteiger partial charge is 0.485 e. The molecule has 0 radical (unpaired) electrons. The second-order valence-corrected chi connectivity index (χ2v) is 13.0. The lowest BCUT2D eigenvalue weighted by Crippen LogP contribution is -2.51. The van der Waals surface area contributed by atoms with Crippen LogP contribution in [0.4, 0.5) is 5.69 Å². The van der Waals surface area contributed by atoms with Gasteiger partial charge in [-0.05, 0) is 49.2 Å². The van der Waals surface area contributed by atoms with Crippen LogP contribution in [-0.4, -0.2) is 70.9 Å². The molecule has 2 aromatic heterocycles. The minimum atomic E-state index is 0.00657. The maximum absolute atomic E-state index is 14.0. The fourth-order valence-electron chi connectivity index (χ4n) is 5.82. The molecular formula is C37H38ClN5O3S. The van der Waals surface area contributed by atoms with Crippen LogP contribution in [0.2, 0.25) is 5.02 Å². The molecule has 1 saturated heterocycles.